The fourth-order valence-corrected chi connectivity index (χ4v) is 3.33. The Morgan fingerprint density at radius 2 is 1.62 bits per heavy atom. The first-order chi connectivity index (χ1) is 9.78. The van der Waals surface area contributed by atoms with Crippen molar-refractivity contribution in [3.63, 3.8) is 0 Å². The molecule has 0 radical (unpaired) electrons. The van der Waals surface area contributed by atoms with E-state index in [1.54, 1.807) is 11.8 Å². The Kier molecular flexibility index (Phi) is 5.45. The van der Waals surface area contributed by atoms with E-state index in [0.717, 1.165) is 21.7 Å². The van der Waals surface area contributed by atoms with Gasteiger partial charge >= 0.3 is 0 Å². The minimum Gasteiger partial charge on any atom is -1.00 e. The van der Waals surface area contributed by atoms with Crippen LogP contribution in [0, 0.1) is 0 Å². The van der Waals surface area contributed by atoms with Gasteiger partial charge in [0.1, 0.15) is 0 Å². The quantitative estimate of drug-likeness (QED) is 0.707. The lowest BCUT2D eigenvalue weighted by Gasteiger charge is -2.03. The van der Waals surface area contributed by atoms with E-state index in [0.29, 0.717) is 5.13 Å². The molecule has 3 aromatic rings. The summed E-state index contributed by atoms with van der Waals surface area (Å²) in [4.78, 5) is 6.88. The van der Waals surface area contributed by atoms with E-state index in [1.165, 1.54) is 16.2 Å². The molecular weight excluding hydrogens is 364 g/mol. The molecule has 1 aromatic heterocycles. The Morgan fingerprint density at radius 3 is 2.24 bits per heavy atom. The zero-order valence-corrected chi connectivity index (χ0v) is 14.6. The molecule has 0 saturated carbocycles. The summed E-state index contributed by atoms with van der Waals surface area (Å²) in [5.41, 5.74) is 9.14. The summed E-state index contributed by atoms with van der Waals surface area (Å²) >= 11 is 3.27. The molecule has 21 heavy (non-hydrogen) atoms. The molecule has 2 nitrogen and oxygen atoms in total. The molecule has 1 heterocycles. The van der Waals surface area contributed by atoms with Gasteiger partial charge in [0.05, 0.1) is 10.6 Å². The number of halogens is 1. The Labute approximate surface area is 143 Å². The van der Waals surface area contributed by atoms with Crippen LogP contribution in [0.3, 0.4) is 0 Å². The second-order valence-corrected chi connectivity index (χ2v) is 6.23. The van der Waals surface area contributed by atoms with Crippen LogP contribution in [-0.2, 0) is 0 Å². The largest absolute Gasteiger partial charge is 1.00 e. The van der Waals surface area contributed by atoms with Crippen LogP contribution in [0.25, 0.3) is 21.7 Å². The molecule has 0 spiro atoms. The first kappa shape index (κ1) is 16.1. The molecule has 5 heteroatoms. The van der Waals surface area contributed by atoms with Gasteiger partial charge in [0.15, 0.2) is 5.13 Å². The van der Waals surface area contributed by atoms with Gasteiger partial charge in [-0.1, -0.05) is 53.8 Å². The predicted molar refractivity (Wildman–Crippen MR) is 89.2 cm³/mol. The zero-order valence-electron chi connectivity index (χ0n) is 11.4. The van der Waals surface area contributed by atoms with Gasteiger partial charge in [-0.15, -0.1) is 11.8 Å². The van der Waals surface area contributed by atoms with Crippen LogP contribution in [0.1, 0.15) is 0 Å². The molecule has 108 valence electrons. The average molecular weight is 378 g/mol. The topological polar surface area (TPSA) is 38.9 Å². The minimum absolute atomic E-state index is 0. The highest BCUT2D eigenvalue weighted by atomic mass is 79.9. The normalized spacial score (nSPS) is 10.1. The van der Waals surface area contributed by atoms with Crippen molar-refractivity contribution in [2.24, 2.45) is 0 Å². The van der Waals surface area contributed by atoms with E-state index >= 15 is 0 Å². The Hall–Kier alpha value is -1.30. The highest BCUT2D eigenvalue weighted by molar-refractivity contribution is 7.98. The maximum absolute atomic E-state index is 5.91. The summed E-state index contributed by atoms with van der Waals surface area (Å²) in [5, 5.41) is 0.604. The highest BCUT2D eigenvalue weighted by Gasteiger charge is 2.13. The molecule has 0 aliphatic rings. The fraction of sp³-hybridized carbons (Fsp3) is 0.0625. The van der Waals surface area contributed by atoms with E-state index < -0.39 is 0 Å². The third-order valence-electron chi connectivity index (χ3n) is 3.04. The third-order valence-corrected chi connectivity index (χ3v) is 4.72. The Balaban J connectivity index is 0.00000161. The second-order valence-electron chi connectivity index (χ2n) is 4.32. The van der Waals surface area contributed by atoms with E-state index in [4.69, 9.17) is 5.73 Å². The zero-order chi connectivity index (χ0) is 13.9. The average Bonchev–Trinajstić information content (AvgIpc) is 2.90. The molecule has 0 aliphatic heterocycles. The Bertz CT molecular complexity index is 709. The summed E-state index contributed by atoms with van der Waals surface area (Å²) < 4.78 is 0. The molecule has 0 bridgehead atoms. The lowest BCUT2D eigenvalue weighted by Crippen LogP contribution is -3.00. The number of aromatic nitrogens is 1. The summed E-state index contributed by atoms with van der Waals surface area (Å²) in [6, 6.07) is 18.7. The molecule has 3 rings (SSSR count). The number of anilines is 1. The standard InChI is InChI=1S/C16H14N2S2.BrH/c1-19-13-9-7-11(8-10-13)14-15(20-16(17)18-14)12-5-3-2-4-6-12;/h2-10H,1H3,(H2,17,18);1H/p-1. The highest BCUT2D eigenvalue weighted by Crippen LogP contribution is 2.38. The van der Waals surface area contributed by atoms with Crippen molar-refractivity contribution in [3.05, 3.63) is 54.6 Å². The molecule has 2 aromatic carbocycles. The molecule has 2 N–H and O–H groups in total. The number of benzene rings is 2. The summed E-state index contributed by atoms with van der Waals surface area (Å²) in [6.45, 7) is 0. The number of nitrogen functional groups attached to an aromatic ring is 1. The van der Waals surface area contributed by atoms with Crippen molar-refractivity contribution in [1.29, 1.82) is 0 Å². The Morgan fingerprint density at radius 1 is 0.952 bits per heavy atom. The molecule has 0 atom stereocenters. The van der Waals surface area contributed by atoms with E-state index in [9.17, 15) is 0 Å². The second kappa shape index (κ2) is 7.11. The molecule has 0 amide bonds. The first-order valence-corrected chi connectivity index (χ1v) is 8.28. The molecule has 0 saturated heterocycles. The van der Waals surface area contributed by atoms with Gasteiger partial charge in [0.2, 0.25) is 0 Å². The molecular formula is C16H14BrN2S2-. The lowest BCUT2D eigenvalue weighted by atomic mass is 10.1. The monoisotopic (exact) mass is 377 g/mol. The molecule has 0 unspecified atom stereocenters. The number of rotatable bonds is 3. The van der Waals surface area contributed by atoms with E-state index in [1.807, 2.05) is 18.2 Å². The van der Waals surface area contributed by atoms with Gasteiger partial charge in [-0.05, 0) is 24.0 Å². The van der Waals surface area contributed by atoms with Crippen molar-refractivity contribution < 1.29 is 17.0 Å². The van der Waals surface area contributed by atoms with Crippen molar-refractivity contribution in [3.8, 4) is 21.7 Å². The van der Waals surface area contributed by atoms with Gasteiger partial charge in [-0.3, -0.25) is 0 Å². The minimum atomic E-state index is 0. The fourth-order valence-electron chi connectivity index (χ4n) is 2.07. The van der Waals surface area contributed by atoms with Crippen LogP contribution in [0.4, 0.5) is 5.13 Å². The third kappa shape index (κ3) is 3.48. The van der Waals surface area contributed by atoms with Crippen molar-refractivity contribution in [2.45, 2.75) is 4.90 Å². The van der Waals surface area contributed by atoms with Gasteiger partial charge in [0, 0.05) is 10.5 Å². The van der Waals surface area contributed by atoms with E-state index in [-0.39, 0.29) is 17.0 Å². The van der Waals surface area contributed by atoms with Crippen molar-refractivity contribution in [1.82, 2.24) is 4.98 Å². The molecule has 0 fully saturated rings. The number of nitrogens with two attached hydrogens (primary N) is 1. The first-order valence-electron chi connectivity index (χ1n) is 6.24. The van der Waals surface area contributed by atoms with Gasteiger partial charge < -0.3 is 22.7 Å². The van der Waals surface area contributed by atoms with Crippen LogP contribution in [-0.4, -0.2) is 11.2 Å². The van der Waals surface area contributed by atoms with Crippen LogP contribution < -0.4 is 22.7 Å². The SMILES string of the molecule is CSc1ccc(-c2nc(N)sc2-c2ccccc2)cc1.[Br-]. The van der Waals surface area contributed by atoms with Crippen molar-refractivity contribution in [2.75, 3.05) is 12.0 Å². The van der Waals surface area contributed by atoms with Gasteiger partial charge in [-0.25, -0.2) is 4.98 Å². The number of thiazole rings is 1. The summed E-state index contributed by atoms with van der Waals surface area (Å²) in [6.07, 6.45) is 2.07. The van der Waals surface area contributed by atoms with Crippen molar-refractivity contribution >= 4 is 28.2 Å². The maximum Gasteiger partial charge on any atom is 0.181 e. The van der Waals surface area contributed by atoms with Crippen LogP contribution in [0.15, 0.2) is 59.5 Å². The number of hydrogen-bond acceptors (Lipinski definition) is 4. The van der Waals surface area contributed by atoms with Gasteiger partial charge in [-0.2, -0.15) is 0 Å². The van der Waals surface area contributed by atoms with Crippen LogP contribution in [0.2, 0.25) is 0 Å². The number of thioether (sulfide) groups is 1. The molecule has 0 aliphatic carbocycles. The number of nitrogens with zero attached hydrogens (tertiary/aromatic N) is 1. The van der Waals surface area contributed by atoms with Crippen LogP contribution >= 0.6 is 23.1 Å². The lowest BCUT2D eigenvalue weighted by molar-refractivity contribution is -0.00000392. The predicted octanol–water partition coefficient (Wildman–Crippen LogP) is 1.79. The summed E-state index contributed by atoms with van der Waals surface area (Å²) in [5.74, 6) is 0. The smallest absolute Gasteiger partial charge is 0.181 e. The van der Waals surface area contributed by atoms with Crippen LogP contribution in [0.5, 0.6) is 0 Å². The van der Waals surface area contributed by atoms with E-state index in [2.05, 4.69) is 47.6 Å². The maximum atomic E-state index is 5.91. The number of hydrogen-bond donors (Lipinski definition) is 1. The summed E-state index contributed by atoms with van der Waals surface area (Å²) in [7, 11) is 0. The van der Waals surface area contributed by atoms with Gasteiger partial charge in [0.25, 0.3) is 0 Å².